The summed E-state index contributed by atoms with van der Waals surface area (Å²) in [5.41, 5.74) is 1.34. The number of nitrogens with one attached hydrogen (secondary N) is 1. The highest BCUT2D eigenvalue weighted by atomic mass is 16.7. The summed E-state index contributed by atoms with van der Waals surface area (Å²) in [4.78, 5) is 34.4. The third kappa shape index (κ3) is 8.52. The van der Waals surface area contributed by atoms with E-state index in [1.807, 2.05) is 0 Å². The van der Waals surface area contributed by atoms with Crippen molar-refractivity contribution in [3.63, 3.8) is 0 Å². The molecule has 2 aliphatic rings. The monoisotopic (exact) mass is 549 g/mol. The number of rotatable bonds is 14. The van der Waals surface area contributed by atoms with E-state index in [2.05, 4.69) is 16.6 Å². The first-order chi connectivity index (χ1) is 18.7. The van der Waals surface area contributed by atoms with Crippen LogP contribution in [0.1, 0.15) is 44.6 Å². The van der Waals surface area contributed by atoms with Crippen molar-refractivity contribution in [2.45, 2.75) is 69.7 Å². The molecule has 2 aliphatic heterocycles. The van der Waals surface area contributed by atoms with Gasteiger partial charge < -0.3 is 44.3 Å². The molecule has 39 heavy (non-hydrogen) atoms. The van der Waals surface area contributed by atoms with Crippen LogP contribution in [0.5, 0.6) is 11.5 Å². The number of fused-ring (bicyclic) bond motifs is 1. The number of carbonyl (C=O) groups excluding carboxylic acids is 3. The average molecular weight is 550 g/mol. The van der Waals surface area contributed by atoms with E-state index < -0.39 is 30.7 Å². The van der Waals surface area contributed by atoms with Crippen molar-refractivity contribution in [3.05, 3.63) is 42.2 Å². The molecule has 1 aromatic carbocycles. The van der Waals surface area contributed by atoms with Crippen molar-refractivity contribution in [2.75, 3.05) is 19.8 Å². The molecule has 2 heterocycles. The van der Waals surface area contributed by atoms with Gasteiger partial charge in [0.15, 0.2) is 0 Å². The zero-order chi connectivity index (χ0) is 28.4. The molecule has 0 aliphatic carbocycles. The standard InChI is InChI=1S/C27H35NO11/c1-3-36-23(31)7-5-4-6-10-28-22(30)12-17-11-16(2)37-20-13-18(8-9-19(17)20)38-27-26(34)25(33)24(32)21(39-27)14-35-15-29/h8-9,11,13,15,21,24-27,32-34H,2-7,10,12,14H2,1H3,(H,28,30). The van der Waals surface area contributed by atoms with Gasteiger partial charge in [0.05, 0.1) is 13.0 Å². The van der Waals surface area contributed by atoms with E-state index in [9.17, 15) is 29.7 Å². The molecule has 4 N–H and O–H groups in total. The fourth-order valence-corrected chi connectivity index (χ4v) is 4.20. The van der Waals surface area contributed by atoms with E-state index in [1.165, 1.54) is 6.07 Å². The Bertz CT molecular complexity index is 1060. The Morgan fingerprint density at radius 2 is 1.92 bits per heavy atom. The van der Waals surface area contributed by atoms with Gasteiger partial charge in [0.25, 0.3) is 6.47 Å². The average Bonchev–Trinajstić information content (AvgIpc) is 2.90. The molecular weight excluding hydrogens is 514 g/mol. The molecule has 5 unspecified atom stereocenters. The van der Waals surface area contributed by atoms with Gasteiger partial charge in [-0.15, -0.1) is 0 Å². The Labute approximate surface area is 226 Å². The van der Waals surface area contributed by atoms with Crippen LogP contribution >= 0.6 is 0 Å². The van der Waals surface area contributed by atoms with Gasteiger partial charge in [-0.1, -0.05) is 13.0 Å². The highest BCUT2D eigenvalue weighted by Crippen LogP contribution is 2.38. The van der Waals surface area contributed by atoms with Crippen molar-refractivity contribution in [1.29, 1.82) is 0 Å². The molecule has 0 radical (unpaired) electrons. The number of unbranched alkanes of at least 4 members (excludes halogenated alkanes) is 2. The zero-order valence-corrected chi connectivity index (χ0v) is 21.7. The number of benzene rings is 1. The van der Waals surface area contributed by atoms with Crippen molar-refractivity contribution >= 4 is 23.9 Å². The second-order valence-electron chi connectivity index (χ2n) is 9.10. The van der Waals surface area contributed by atoms with Gasteiger partial charge in [-0.3, -0.25) is 14.4 Å². The summed E-state index contributed by atoms with van der Waals surface area (Å²) in [7, 11) is 0. The number of allylic oxidation sites excluding steroid dienone is 1. The first kappa shape index (κ1) is 30.1. The van der Waals surface area contributed by atoms with Crippen LogP contribution < -0.4 is 14.8 Å². The second-order valence-corrected chi connectivity index (χ2v) is 9.10. The summed E-state index contributed by atoms with van der Waals surface area (Å²) in [6.45, 7) is 6.28. The van der Waals surface area contributed by atoms with Crippen LogP contribution in [0.2, 0.25) is 0 Å². The lowest BCUT2D eigenvalue weighted by molar-refractivity contribution is -0.277. The highest BCUT2D eigenvalue weighted by molar-refractivity contribution is 5.91. The first-order valence-electron chi connectivity index (χ1n) is 12.8. The predicted molar refractivity (Wildman–Crippen MR) is 136 cm³/mol. The molecule has 0 aromatic heterocycles. The number of esters is 1. The number of hydrogen-bond donors (Lipinski definition) is 4. The SMILES string of the molecule is C=C1C=C(CC(=O)NCCCCCC(=O)OCC)c2ccc(OC3OC(COC=O)C(O)C(O)C3O)cc2O1. The van der Waals surface area contributed by atoms with Crippen molar-refractivity contribution in [1.82, 2.24) is 5.32 Å². The summed E-state index contributed by atoms with van der Waals surface area (Å²) in [5.74, 6) is 0.515. The molecule has 5 atom stereocenters. The van der Waals surface area contributed by atoms with Crippen molar-refractivity contribution < 1.29 is 53.4 Å². The summed E-state index contributed by atoms with van der Waals surface area (Å²) >= 11 is 0. The molecule has 12 heteroatoms. The number of aliphatic hydroxyl groups is 3. The van der Waals surface area contributed by atoms with Crippen LogP contribution in [-0.4, -0.2) is 84.1 Å². The minimum atomic E-state index is -1.59. The van der Waals surface area contributed by atoms with E-state index >= 15 is 0 Å². The predicted octanol–water partition coefficient (Wildman–Crippen LogP) is 0.965. The maximum atomic E-state index is 12.5. The minimum absolute atomic E-state index is 0.0886. The third-order valence-electron chi connectivity index (χ3n) is 6.16. The Hall–Kier alpha value is -3.45. The Morgan fingerprint density at radius 1 is 1.13 bits per heavy atom. The molecule has 3 rings (SSSR count). The maximum Gasteiger partial charge on any atom is 0.305 e. The number of aliphatic hydroxyl groups excluding tert-OH is 3. The van der Waals surface area contributed by atoms with Gasteiger partial charge >= 0.3 is 5.97 Å². The van der Waals surface area contributed by atoms with Crippen LogP contribution in [0.15, 0.2) is 36.6 Å². The Balaban J connectivity index is 1.55. The van der Waals surface area contributed by atoms with Gasteiger partial charge in [-0.05, 0) is 43.5 Å². The second kappa shape index (κ2) is 14.6. The van der Waals surface area contributed by atoms with Crippen LogP contribution in [0.3, 0.4) is 0 Å². The normalized spacial score (nSPS) is 24.1. The molecule has 1 amide bonds. The molecule has 12 nitrogen and oxygen atoms in total. The highest BCUT2D eigenvalue weighted by Gasteiger charge is 2.45. The number of ether oxygens (including phenoxy) is 5. The fourth-order valence-electron chi connectivity index (χ4n) is 4.20. The molecule has 0 bridgehead atoms. The third-order valence-corrected chi connectivity index (χ3v) is 6.16. The van der Waals surface area contributed by atoms with Gasteiger partial charge in [0.2, 0.25) is 12.2 Å². The van der Waals surface area contributed by atoms with Crippen LogP contribution in [0, 0.1) is 0 Å². The van der Waals surface area contributed by atoms with E-state index in [0.29, 0.717) is 48.6 Å². The van der Waals surface area contributed by atoms with E-state index in [4.69, 9.17) is 18.9 Å². The first-order valence-corrected chi connectivity index (χ1v) is 12.8. The van der Waals surface area contributed by atoms with Gasteiger partial charge in [0.1, 0.15) is 48.3 Å². The molecule has 1 saturated heterocycles. The zero-order valence-electron chi connectivity index (χ0n) is 21.7. The van der Waals surface area contributed by atoms with E-state index in [-0.39, 0.29) is 37.1 Å². The van der Waals surface area contributed by atoms with Crippen molar-refractivity contribution in [3.8, 4) is 11.5 Å². The summed E-state index contributed by atoms with van der Waals surface area (Å²) in [5, 5.41) is 33.4. The van der Waals surface area contributed by atoms with Gasteiger partial charge in [0, 0.05) is 24.6 Å². The lowest BCUT2D eigenvalue weighted by atomic mass is 9.98. The summed E-state index contributed by atoms with van der Waals surface area (Å²) < 4.78 is 26.4. The molecule has 1 aromatic rings. The van der Waals surface area contributed by atoms with Crippen LogP contribution in [0.4, 0.5) is 0 Å². The van der Waals surface area contributed by atoms with Crippen LogP contribution in [0.25, 0.3) is 5.57 Å². The lowest BCUT2D eigenvalue weighted by Crippen LogP contribution is -2.60. The Kier molecular flexibility index (Phi) is 11.3. The van der Waals surface area contributed by atoms with E-state index in [0.717, 1.165) is 12.8 Å². The minimum Gasteiger partial charge on any atom is -0.466 e. The van der Waals surface area contributed by atoms with Gasteiger partial charge in [-0.2, -0.15) is 0 Å². The summed E-state index contributed by atoms with van der Waals surface area (Å²) in [6, 6.07) is 4.79. The Morgan fingerprint density at radius 3 is 2.67 bits per heavy atom. The number of amides is 1. The number of carbonyl (C=O) groups is 3. The molecule has 214 valence electrons. The van der Waals surface area contributed by atoms with Crippen molar-refractivity contribution in [2.24, 2.45) is 0 Å². The van der Waals surface area contributed by atoms with Crippen LogP contribution in [-0.2, 0) is 28.6 Å². The fraction of sp³-hybridized carbons (Fsp3) is 0.519. The molecule has 1 fully saturated rings. The van der Waals surface area contributed by atoms with E-state index in [1.54, 1.807) is 25.1 Å². The smallest absolute Gasteiger partial charge is 0.305 e. The lowest BCUT2D eigenvalue weighted by Gasteiger charge is -2.39. The maximum absolute atomic E-state index is 12.5. The molecule has 0 spiro atoms. The van der Waals surface area contributed by atoms with Gasteiger partial charge in [-0.25, -0.2) is 0 Å². The largest absolute Gasteiger partial charge is 0.466 e. The topological polar surface area (TPSA) is 170 Å². The summed E-state index contributed by atoms with van der Waals surface area (Å²) in [6.07, 6.45) is -2.79. The molecular formula is C27H35NO11. The molecule has 0 saturated carbocycles. The quantitative estimate of drug-likeness (QED) is 0.148. The number of hydrogen-bond acceptors (Lipinski definition) is 11.